The Morgan fingerprint density at radius 2 is 1.86 bits per heavy atom. The summed E-state index contributed by atoms with van der Waals surface area (Å²) in [4.78, 5) is 2.43. The molecular formula is C12H28N2. The maximum absolute atomic E-state index is 3.50. The zero-order valence-electron chi connectivity index (χ0n) is 10.9. The van der Waals surface area contributed by atoms with Crippen molar-refractivity contribution in [1.29, 1.82) is 0 Å². The maximum atomic E-state index is 3.50. The molecule has 0 aliphatic carbocycles. The molecule has 0 bridgehead atoms. The van der Waals surface area contributed by atoms with Crippen LogP contribution in [0.3, 0.4) is 0 Å². The lowest BCUT2D eigenvalue weighted by atomic mass is 10.0. The van der Waals surface area contributed by atoms with E-state index in [-0.39, 0.29) is 5.54 Å². The Kier molecular flexibility index (Phi) is 6.38. The molecule has 0 radical (unpaired) electrons. The van der Waals surface area contributed by atoms with Crippen LogP contribution in [0.15, 0.2) is 0 Å². The summed E-state index contributed by atoms with van der Waals surface area (Å²) in [6, 6.07) is 0. The van der Waals surface area contributed by atoms with Gasteiger partial charge < -0.3 is 10.2 Å². The van der Waals surface area contributed by atoms with Crippen molar-refractivity contribution < 1.29 is 0 Å². The fourth-order valence-corrected chi connectivity index (χ4v) is 1.93. The minimum atomic E-state index is 0.233. The first-order valence-electron chi connectivity index (χ1n) is 5.84. The number of likely N-dealkylation sites (N-methyl/N-ethyl adjacent to an activating group) is 2. The summed E-state index contributed by atoms with van der Waals surface area (Å²) in [5.41, 5.74) is 0.233. The van der Waals surface area contributed by atoms with Crippen molar-refractivity contribution in [2.24, 2.45) is 5.92 Å². The van der Waals surface area contributed by atoms with Gasteiger partial charge >= 0.3 is 0 Å². The van der Waals surface area contributed by atoms with E-state index >= 15 is 0 Å². The van der Waals surface area contributed by atoms with E-state index in [4.69, 9.17) is 0 Å². The molecule has 0 aromatic rings. The molecular weight excluding hydrogens is 172 g/mol. The van der Waals surface area contributed by atoms with Crippen molar-refractivity contribution in [1.82, 2.24) is 10.2 Å². The van der Waals surface area contributed by atoms with Crippen LogP contribution in [-0.2, 0) is 0 Å². The van der Waals surface area contributed by atoms with Gasteiger partial charge in [0.15, 0.2) is 0 Å². The minimum absolute atomic E-state index is 0.233. The number of nitrogens with zero attached hydrogens (tertiary/aromatic N) is 1. The summed E-state index contributed by atoms with van der Waals surface area (Å²) >= 11 is 0. The Labute approximate surface area is 90.1 Å². The number of nitrogens with one attached hydrogen (secondary N) is 1. The second-order valence-electron chi connectivity index (χ2n) is 5.12. The number of rotatable bonds is 7. The predicted molar refractivity (Wildman–Crippen MR) is 64.7 cm³/mol. The van der Waals surface area contributed by atoms with Gasteiger partial charge in [-0.25, -0.2) is 0 Å². The van der Waals surface area contributed by atoms with Crippen molar-refractivity contribution in [3.05, 3.63) is 0 Å². The Hall–Kier alpha value is -0.0800. The fourth-order valence-electron chi connectivity index (χ4n) is 1.93. The van der Waals surface area contributed by atoms with Gasteiger partial charge in [-0.3, -0.25) is 0 Å². The van der Waals surface area contributed by atoms with Crippen LogP contribution in [0.5, 0.6) is 0 Å². The Morgan fingerprint density at radius 3 is 2.29 bits per heavy atom. The van der Waals surface area contributed by atoms with Gasteiger partial charge in [-0.15, -0.1) is 0 Å². The number of hydrogen-bond donors (Lipinski definition) is 1. The van der Waals surface area contributed by atoms with Crippen LogP contribution in [0.2, 0.25) is 0 Å². The predicted octanol–water partition coefficient (Wildman–Crippen LogP) is 2.35. The van der Waals surface area contributed by atoms with Crippen LogP contribution in [-0.4, -0.2) is 37.1 Å². The van der Waals surface area contributed by atoms with Gasteiger partial charge in [0.05, 0.1) is 0 Å². The first-order chi connectivity index (χ1) is 6.41. The molecule has 2 nitrogen and oxygen atoms in total. The molecule has 0 aromatic heterocycles. The van der Waals surface area contributed by atoms with E-state index in [0.717, 1.165) is 19.0 Å². The second kappa shape index (κ2) is 6.41. The molecule has 0 aliphatic heterocycles. The van der Waals surface area contributed by atoms with Crippen LogP contribution < -0.4 is 5.32 Å². The Morgan fingerprint density at radius 1 is 1.29 bits per heavy atom. The first-order valence-corrected chi connectivity index (χ1v) is 5.84. The van der Waals surface area contributed by atoms with E-state index < -0.39 is 0 Å². The van der Waals surface area contributed by atoms with E-state index in [1.54, 1.807) is 0 Å². The molecule has 0 spiro atoms. The van der Waals surface area contributed by atoms with Crippen LogP contribution >= 0.6 is 0 Å². The van der Waals surface area contributed by atoms with Crippen molar-refractivity contribution in [3.8, 4) is 0 Å². The van der Waals surface area contributed by atoms with E-state index in [0.29, 0.717) is 0 Å². The molecule has 0 saturated carbocycles. The quantitative estimate of drug-likeness (QED) is 0.678. The van der Waals surface area contributed by atoms with E-state index in [1.165, 1.54) is 13.0 Å². The Balaban J connectivity index is 3.85. The monoisotopic (exact) mass is 200 g/mol. The maximum Gasteiger partial charge on any atom is 0.0251 e. The van der Waals surface area contributed by atoms with Crippen LogP contribution in [0, 0.1) is 5.92 Å². The normalized spacial score (nSPS) is 14.8. The topological polar surface area (TPSA) is 15.3 Å². The molecule has 0 heterocycles. The largest absolute Gasteiger partial charge is 0.311 e. The molecule has 86 valence electrons. The summed E-state index contributed by atoms with van der Waals surface area (Å²) in [6.45, 7) is 14.6. The SMILES string of the molecule is CCNC(C)(C)CN(C)CC(C)CC. The molecule has 14 heavy (non-hydrogen) atoms. The lowest BCUT2D eigenvalue weighted by Crippen LogP contribution is -2.48. The fraction of sp³-hybridized carbons (Fsp3) is 1.00. The molecule has 1 N–H and O–H groups in total. The van der Waals surface area contributed by atoms with Crippen LogP contribution in [0.1, 0.15) is 41.0 Å². The lowest BCUT2D eigenvalue weighted by Gasteiger charge is -2.32. The van der Waals surface area contributed by atoms with Crippen LogP contribution in [0.25, 0.3) is 0 Å². The van der Waals surface area contributed by atoms with Gasteiger partial charge in [-0.05, 0) is 33.4 Å². The summed E-state index contributed by atoms with van der Waals surface area (Å²) in [7, 11) is 2.21. The van der Waals surface area contributed by atoms with Crippen molar-refractivity contribution in [2.75, 3.05) is 26.7 Å². The molecule has 0 amide bonds. The lowest BCUT2D eigenvalue weighted by molar-refractivity contribution is 0.212. The molecule has 0 fully saturated rings. The smallest absolute Gasteiger partial charge is 0.0251 e. The molecule has 1 unspecified atom stereocenters. The Bertz CT molecular complexity index is 143. The standard InChI is InChI=1S/C12H28N2/c1-7-11(3)9-14(6)10-12(4,5)13-8-2/h11,13H,7-10H2,1-6H3. The highest BCUT2D eigenvalue weighted by atomic mass is 15.1. The van der Waals surface area contributed by atoms with E-state index in [1.807, 2.05) is 0 Å². The number of hydrogen-bond acceptors (Lipinski definition) is 2. The van der Waals surface area contributed by atoms with Gasteiger partial charge in [0.25, 0.3) is 0 Å². The molecule has 2 heteroatoms. The highest BCUT2D eigenvalue weighted by molar-refractivity contribution is 4.80. The zero-order chi connectivity index (χ0) is 11.2. The average Bonchev–Trinajstić information content (AvgIpc) is 2.02. The summed E-state index contributed by atoms with van der Waals surface area (Å²) in [6.07, 6.45) is 1.27. The third-order valence-corrected chi connectivity index (χ3v) is 2.64. The van der Waals surface area contributed by atoms with Gasteiger partial charge in [-0.1, -0.05) is 27.2 Å². The van der Waals surface area contributed by atoms with Crippen molar-refractivity contribution >= 4 is 0 Å². The molecule has 0 aliphatic rings. The highest BCUT2D eigenvalue weighted by Gasteiger charge is 2.18. The van der Waals surface area contributed by atoms with Gasteiger partial charge in [-0.2, -0.15) is 0 Å². The third-order valence-electron chi connectivity index (χ3n) is 2.64. The first kappa shape index (κ1) is 13.9. The molecule has 0 saturated heterocycles. The summed E-state index contributed by atoms with van der Waals surface area (Å²) in [5.74, 6) is 0.803. The second-order valence-corrected chi connectivity index (χ2v) is 5.12. The molecule has 0 rings (SSSR count). The zero-order valence-corrected chi connectivity index (χ0v) is 10.9. The van der Waals surface area contributed by atoms with Crippen LogP contribution in [0.4, 0.5) is 0 Å². The van der Waals surface area contributed by atoms with E-state index in [2.05, 4.69) is 51.9 Å². The van der Waals surface area contributed by atoms with Gasteiger partial charge in [0.2, 0.25) is 0 Å². The summed E-state index contributed by atoms with van der Waals surface area (Å²) < 4.78 is 0. The van der Waals surface area contributed by atoms with Gasteiger partial charge in [0, 0.05) is 18.6 Å². The minimum Gasteiger partial charge on any atom is -0.311 e. The summed E-state index contributed by atoms with van der Waals surface area (Å²) in [5, 5.41) is 3.50. The van der Waals surface area contributed by atoms with E-state index in [9.17, 15) is 0 Å². The molecule has 1 atom stereocenters. The van der Waals surface area contributed by atoms with Crippen molar-refractivity contribution in [2.45, 2.75) is 46.6 Å². The third kappa shape index (κ3) is 6.39. The molecule has 0 aromatic carbocycles. The van der Waals surface area contributed by atoms with Gasteiger partial charge in [0.1, 0.15) is 0 Å². The van der Waals surface area contributed by atoms with Crippen molar-refractivity contribution in [3.63, 3.8) is 0 Å². The average molecular weight is 200 g/mol. The highest BCUT2D eigenvalue weighted by Crippen LogP contribution is 2.08.